The van der Waals surface area contributed by atoms with Gasteiger partial charge in [-0.3, -0.25) is 0 Å². The van der Waals surface area contributed by atoms with Gasteiger partial charge in [-0.05, 0) is 22.4 Å². The maximum Gasteiger partial charge on any atom is 0.183 e. The van der Waals surface area contributed by atoms with Crippen LogP contribution in [0.15, 0.2) is 9.98 Å². The number of nitrogens with zero attached hydrogens (tertiary/aromatic N) is 1. The van der Waals surface area contributed by atoms with Crippen LogP contribution in [0.3, 0.4) is 0 Å². The van der Waals surface area contributed by atoms with E-state index in [1.165, 1.54) is 17.6 Å². The molecule has 1 aromatic rings. The van der Waals surface area contributed by atoms with Crippen LogP contribution in [0, 0.1) is 0 Å². The third-order valence-corrected chi connectivity index (χ3v) is 3.98. The Hall–Kier alpha value is -0.140. The number of aromatic nitrogens is 1. The van der Waals surface area contributed by atoms with Crippen LogP contribution in [0.1, 0.15) is 6.42 Å². The maximum atomic E-state index is 10.8. The molecular weight excluding hydrogens is 288 g/mol. The van der Waals surface area contributed by atoms with E-state index in [0.717, 1.165) is 9.73 Å². The molecule has 1 rings (SSSR count). The predicted molar refractivity (Wildman–Crippen MR) is 62.6 cm³/mol. The van der Waals surface area contributed by atoms with Crippen LogP contribution in [0.4, 0.5) is 5.13 Å². The van der Waals surface area contributed by atoms with Gasteiger partial charge in [0, 0.05) is 18.2 Å². The average Bonchev–Trinajstić information content (AvgIpc) is 2.44. The first-order valence-corrected chi connectivity index (χ1v) is 7.73. The molecule has 14 heavy (non-hydrogen) atoms. The van der Waals surface area contributed by atoms with Crippen molar-refractivity contribution < 1.29 is 8.42 Å². The highest BCUT2D eigenvalue weighted by Gasteiger charge is 2.02. The molecule has 4 nitrogen and oxygen atoms in total. The second-order valence-electron chi connectivity index (χ2n) is 2.89. The normalized spacial score (nSPS) is 11.6. The van der Waals surface area contributed by atoms with Crippen molar-refractivity contribution in [1.29, 1.82) is 0 Å². The van der Waals surface area contributed by atoms with Crippen molar-refractivity contribution in [2.45, 2.75) is 6.42 Å². The second kappa shape index (κ2) is 5.09. The fourth-order valence-electron chi connectivity index (χ4n) is 0.865. The van der Waals surface area contributed by atoms with Gasteiger partial charge in [0.25, 0.3) is 0 Å². The number of halogens is 1. The Morgan fingerprint density at radius 2 is 2.36 bits per heavy atom. The maximum absolute atomic E-state index is 10.8. The lowest BCUT2D eigenvalue weighted by Gasteiger charge is -2.00. The van der Waals surface area contributed by atoms with Crippen LogP contribution < -0.4 is 5.32 Å². The van der Waals surface area contributed by atoms with Gasteiger partial charge in [0.15, 0.2) is 5.13 Å². The Morgan fingerprint density at radius 1 is 1.64 bits per heavy atom. The van der Waals surface area contributed by atoms with Gasteiger partial charge in [-0.15, -0.1) is 11.3 Å². The van der Waals surface area contributed by atoms with Gasteiger partial charge < -0.3 is 5.32 Å². The fraction of sp³-hybridized carbons (Fsp3) is 0.571. The Labute approximate surface area is 95.8 Å². The minimum Gasteiger partial charge on any atom is -0.361 e. The summed E-state index contributed by atoms with van der Waals surface area (Å²) < 4.78 is 22.4. The minimum absolute atomic E-state index is 0.215. The monoisotopic (exact) mass is 298 g/mol. The summed E-state index contributed by atoms with van der Waals surface area (Å²) >= 11 is 4.73. The largest absolute Gasteiger partial charge is 0.361 e. The molecule has 0 aromatic carbocycles. The predicted octanol–water partition coefficient (Wildman–Crippen LogP) is 1.75. The smallest absolute Gasteiger partial charge is 0.183 e. The van der Waals surface area contributed by atoms with Crippen LogP contribution in [0.25, 0.3) is 0 Å². The van der Waals surface area contributed by atoms with Crippen molar-refractivity contribution in [2.24, 2.45) is 0 Å². The third-order valence-electron chi connectivity index (χ3n) is 1.44. The van der Waals surface area contributed by atoms with E-state index in [2.05, 4.69) is 26.2 Å². The molecule has 0 spiro atoms. The van der Waals surface area contributed by atoms with E-state index < -0.39 is 9.84 Å². The molecule has 0 aliphatic carbocycles. The van der Waals surface area contributed by atoms with Crippen LogP contribution in [0.5, 0.6) is 0 Å². The van der Waals surface area contributed by atoms with Gasteiger partial charge in [-0.1, -0.05) is 0 Å². The highest BCUT2D eigenvalue weighted by molar-refractivity contribution is 9.10. The summed E-state index contributed by atoms with van der Waals surface area (Å²) in [6.07, 6.45) is 1.85. The summed E-state index contributed by atoms with van der Waals surface area (Å²) in [5.74, 6) is 0.215. The molecule has 7 heteroatoms. The summed E-state index contributed by atoms with van der Waals surface area (Å²) in [6, 6.07) is 0. The van der Waals surface area contributed by atoms with E-state index in [-0.39, 0.29) is 5.75 Å². The molecular formula is C7H11BrN2O2S2. The zero-order valence-corrected chi connectivity index (χ0v) is 10.9. The standard InChI is InChI=1S/C7H11BrN2O2S2/c1-14(11,12)4-2-3-9-7-10-6(8)5-13-7/h5H,2-4H2,1H3,(H,9,10). The zero-order valence-electron chi connectivity index (χ0n) is 7.66. The van der Waals surface area contributed by atoms with Crippen molar-refractivity contribution in [3.63, 3.8) is 0 Å². The van der Waals surface area contributed by atoms with E-state index in [1.807, 2.05) is 5.38 Å². The van der Waals surface area contributed by atoms with Gasteiger partial charge in [0.1, 0.15) is 14.4 Å². The number of anilines is 1. The van der Waals surface area contributed by atoms with Gasteiger partial charge in [-0.2, -0.15) is 0 Å². The molecule has 0 aliphatic rings. The van der Waals surface area contributed by atoms with Crippen LogP contribution >= 0.6 is 27.3 Å². The fourth-order valence-corrected chi connectivity index (χ4v) is 2.71. The lowest BCUT2D eigenvalue weighted by atomic mass is 10.5. The number of nitrogens with one attached hydrogen (secondary N) is 1. The Balaban J connectivity index is 2.23. The number of hydrogen-bond donors (Lipinski definition) is 1. The van der Waals surface area contributed by atoms with Gasteiger partial charge in [0.05, 0.1) is 5.75 Å². The molecule has 0 amide bonds. The van der Waals surface area contributed by atoms with Crippen molar-refractivity contribution in [2.75, 3.05) is 23.9 Å². The lowest BCUT2D eigenvalue weighted by Crippen LogP contribution is -2.09. The molecule has 0 radical (unpaired) electrons. The molecule has 1 aromatic heterocycles. The number of sulfone groups is 1. The summed E-state index contributed by atoms with van der Waals surface area (Å²) in [5.41, 5.74) is 0. The third kappa shape index (κ3) is 4.92. The average molecular weight is 299 g/mol. The van der Waals surface area contributed by atoms with E-state index in [4.69, 9.17) is 0 Å². The first kappa shape index (κ1) is 11.9. The van der Waals surface area contributed by atoms with E-state index in [1.54, 1.807) is 0 Å². The molecule has 0 saturated heterocycles. The molecule has 1 N–H and O–H groups in total. The second-order valence-corrected chi connectivity index (χ2v) is 6.82. The first-order valence-electron chi connectivity index (χ1n) is 4.00. The van der Waals surface area contributed by atoms with Crippen molar-refractivity contribution in [3.05, 3.63) is 9.98 Å². The van der Waals surface area contributed by atoms with Gasteiger partial charge in [-0.25, -0.2) is 13.4 Å². The van der Waals surface area contributed by atoms with Crippen molar-refractivity contribution in [1.82, 2.24) is 4.98 Å². The summed E-state index contributed by atoms with van der Waals surface area (Å²) in [7, 11) is -2.84. The molecule has 0 unspecified atom stereocenters. The molecule has 0 atom stereocenters. The Morgan fingerprint density at radius 3 is 2.86 bits per heavy atom. The topological polar surface area (TPSA) is 59.1 Å². The Bertz CT molecular complexity index is 388. The quantitative estimate of drug-likeness (QED) is 0.842. The highest BCUT2D eigenvalue weighted by atomic mass is 79.9. The first-order chi connectivity index (χ1) is 6.47. The van der Waals surface area contributed by atoms with Crippen molar-refractivity contribution in [3.8, 4) is 0 Å². The van der Waals surface area contributed by atoms with Crippen LogP contribution in [0.2, 0.25) is 0 Å². The minimum atomic E-state index is -2.84. The summed E-state index contributed by atoms with van der Waals surface area (Å²) in [4.78, 5) is 4.12. The number of thiazole rings is 1. The highest BCUT2D eigenvalue weighted by Crippen LogP contribution is 2.18. The number of hydrogen-bond acceptors (Lipinski definition) is 5. The van der Waals surface area contributed by atoms with Crippen LogP contribution in [-0.4, -0.2) is 32.0 Å². The SMILES string of the molecule is CS(=O)(=O)CCCNc1nc(Br)cs1. The van der Waals surface area contributed by atoms with E-state index in [0.29, 0.717) is 13.0 Å². The Kier molecular flexibility index (Phi) is 4.33. The van der Waals surface area contributed by atoms with Gasteiger partial charge in [0.2, 0.25) is 0 Å². The molecule has 80 valence electrons. The number of rotatable bonds is 5. The summed E-state index contributed by atoms with van der Waals surface area (Å²) in [5, 5.41) is 5.74. The molecule has 0 bridgehead atoms. The van der Waals surface area contributed by atoms with Gasteiger partial charge >= 0.3 is 0 Å². The lowest BCUT2D eigenvalue weighted by molar-refractivity contribution is 0.600. The van der Waals surface area contributed by atoms with Crippen molar-refractivity contribution >= 4 is 42.2 Å². The molecule has 0 aliphatic heterocycles. The van der Waals surface area contributed by atoms with Crippen LogP contribution in [-0.2, 0) is 9.84 Å². The molecule has 0 saturated carbocycles. The molecule has 0 fully saturated rings. The van der Waals surface area contributed by atoms with E-state index >= 15 is 0 Å². The van der Waals surface area contributed by atoms with E-state index in [9.17, 15) is 8.42 Å². The molecule has 1 heterocycles. The summed E-state index contributed by atoms with van der Waals surface area (Å²) in [6.45, 7) is 0.632. The zero-order chi connectivity index (χ0) is 10.6.